The predicted octanol–water partition coefficient (Wildman–Crippen LogP) is 2.52. The van der Waals surface area contributed by atoms with Crippen molar-refractivity contribution in [2.45, 2.75) is 6.61 Å². The van der Waals surface area contributed by atoms with Crippen molar-refractivity contribution >= 4 is 23.2 Å². The molecule has 0 atom stereocenters. The number of carbonyl (C=O) groups excluding carboxylic acids is 1. The van der Waals surface area contributed by atoms with Crippen LogP contribution in [0.4, 0.5) is 5.69 Å². The van der Waals surface area contributed by atoms with Crippen LogP contribution in [-0.2, 0) is 16.1 Å². The fourth-order valence-corrected chi connectivity index (χ4v) is 1.15. The molecule has 4 heteroatoms. The molecule has 3 nitrogen and oxygen atoms in total. The lowest BCUT2D eigenvalue weighted by atomic mass is 10.2. The van der Waals surface area contributed by atoms with Crippen molar-refractivity contribution < 1.29 is 9.53 Å². The summed E-state index contributed by atoms with van der Waals surface area (Å²) in [7, 11) is 1.62. The highest BCUT2D eigenvalue weighted by Gasteiger charge is 2.04. The summed E-state index contributed by atoms with van der Waals surface area (Å²) in [5.41, 5.74) is 1.66. The summed E-state index contributed by atoms with van der Waals surface area (Å²) in [6.07, 6.45) is 0. The van der Waals surface area contributed by atoms with Crippen molar-refractivity contribution in [3.05, 3.63) is 41.4 Å². The highest BCUT2D eigenvalue weighted by Crippen LogP contribution is 2.12. The zero-order valence-electron chi connectivity index (χ0n) is 8.42. The van der Waals surface area contributed by atoms with Crippen LogP contribution in [0.2, 0.25) is 0 Å². The largest absolute Gasteiger partial charge is 0.380 e. The second-order valence-corrected chi connectivity index (χ2v) is 3.45. The summed E-state index contributed by atoms with van der Waals surface area (Å²) >= 11 is 5.45. The molecule has 0 aromatic heterocycles. The number of nitrogens with one attached hydrogen (secondary N) is 1. The van der Waals surface area contributed by atoms with Crippen molar-refractivity contribution in [1.29, 1.82) is 0 Å². The molecule has 1 aromatic carbocycles. The second kappa shape index (κ2) is 5.53. The van der Waals surface area contributed by atoms with Gasteiger partial charge >= 0.3 is 0 Å². The topological polar surface area (TPSA) is 38.3 Å². The van der Waals surface area contributed by atoms with Gasteiger partial charge in [-0.1, -0.05) is 30.3 Å². The number of hydrogen-bond donors (Lipinski definition) is 1. The molecule has 1 rings (SSSR count). The summed E-state index contributed by atoms with van der Waals surface area (Å²) < 4.78 is 4.98. The third-order valence-electron chi connectivity index (χ3n) is 1.74. The SMILES string of the molecule is C=C(Cl)C(=O)Nc1cccc(COC)c1. The van der Waals surface area contributed by atoms with Crippen molar-refractivity contribution in [2.24, 2.45) is 0 Å². The zero-order chi connectivity index (χ0) is 11.3. The van der Waals surface area contributed by atoms with E-state index in [1.165, 1.54) is 0 Å². The average Bonchev–Trinajstić information content (AvgIpc) is 2.18. The summed E-state index contributed by atoms with van der Waals surface area (Å²) in [4.78, 5) is 11.2. The van der Waals surface area contributed by atoms with Crippen LogP contribution < -0.4 is 5.32 Å². The molecule has 1 amide bonds. The van der Waals surface area contributed by atoms with Crippen LogP contribution in [0, 0.1) is 0 Å². The summed E-state index contributed by atoms with van der Waals surface area (Å²) in [6.45, 7) is 3.84. The fraction of sp³-hybridized carbons (Fsp3) is 0.182. The summed E-state index contributed by atoms with van der Waals surface area (Å²) in [6, 6.07) is 7.34. The molecule has 0 aliphatic rings. The van der Waals surface area contributed by atoms with E-state index >= 15 is 0 Å². The Morgan fingerprint density at radius 3 is 2.93 bits per heavy atom. The highest BCUT2D eigenvalue weighted by molar-refractivity contribution is 6.43. The number of methoxy groups -OCH3 is 1. The quantitative estimate of drug-likeness (QED) is 0.800. The fourth-order valence-electron chi connectivity index (χ4n) is 1.10. The Balaban J connectivity index is 2.73. The number of halogens is 1. The first kappa shape index (κ1) is 11.8. The highest BCUT2D eigenvalue weighted by atomic mass is 35.5. The number of anilines is 1. The average molecular weight is 226 g/mol. The lowest BCUT2D eigenvalue weighted by Crippen LogP contribution is -2.10. The van der Waals surface area contributed by atoms with E-state index < -0.39 is 5.91 Å². The minimum atomic E-state index is -0.397. The Kier molecular flexibility index (Phi) is 4.34. The maximum atomic E-state index is 11.2. The number of carbonyl (C=O) groups is 1. The molecule has 0 heterocycles. The molecule has 0 radical (unpaired) electrons. The monoisotopic (exact) mass is 225 g/mol. The summed E-state index contributed by atoms with van der Waals surface area (Å²) in [5.74, 6) is -0.397. The molecule has 0 saturated heterocycles. The van der Waals surface area contributed by atoms with Crippen LogP contribution in [0.5, 0.6) is 0 Å². The van der Waals surface area contributed by atoms with E-state index in [-0.39, 0.29) is 5.03 Å². The van der Waals surface area contributed by atoms with Crippen molar-refractivity contribution in [3.63, 3.8) is 0 Å². The van der Waals surface area contributed by atoms with Crippen LogP contribution in [-0.4, -0.2) is 13.0 Å². The number of hydrogen-bond acceptors (Lipinski definition) is 2. The maximum Gasteiger partial charge on any atom is 0.266 e. The molecular weight excluding hydrogens is 214 g/mol. The summed E-state index contributed by atoms with van der Waals surface area (Å²) in [5, 5.41) is 2.58. The molecule has 80 valence electrons. The number of benzene rings is 1. The maximum absolute atomic E-state index is 11.2. The van der Waals surface area contributed by atoms with E-state index in [9.17, 15) is 4.79 Å². The number of ether oxygens (including phenoxy) is 1. The molecule has 0 saturated carbocycles. The van der Waals surface area contributed by atoms with Crippen LogP contribution in [0.25, 0.3) is 0 Å². The van der Waals surface area contributed by atoms with Gasteiger partial charge in [0.15, 0.2) is 0 Å². The van der Waals surface area contributed by atoms with Gasteiger partial charge < -0.3 is 10.1 Å². The van der Waals surface area contributed by atoms with Crippen LogP contribution in [0.1, 0.15) is 5.56 Å². The van der Waals surface area contributed by atoms with E-state index in [0.717, 1.165) is 5.56 Å². The second-order valence-electron chi connectivity index (χ2n) is 2.99. The van der Waals surface area contributed by atoms with Crippen molar-refractivity contribution in [1.82, 2.24) is 0 Å². The van der Waals surface area contributed by atoms with Gasteiger partial charge in [0, 0.05) is 12.8 Å². The Morgan fingerprint density at radius 1 is 1.60 bits per heavy atom. The Morgan fingerprint density at radius 2 is 2.33 bits per heavy atom. The lowest BCUT2D eigenvalue weighted by Gasteiger charge is -2.05. The van der Waals surface area contributed by atoms with Gasteiger partial charge in [-0.05, 0) is 17.7 Å². The van der Waals surface area contributed by atoms with Gasteiger partial charge in [0.05, 0.1) is 11.6 Å². The van der Waals surface area contributed by atoms with Gasteiger partial charge in [0.2, 0.25) is 0 Å². The van der Waals surface area contributed by atoms with Gasteiger partial charge in [-0.3, -0.25) is 4.79 Å². The molecule has 1 aromatic rings. The molecular formula is C11H12ClNO2. The smallest absolute Gasteiger partial charge is 0.266 e. The van der Waals surface area contributed by atoms with E-state index in [0.29, 0.717) is 12.3 Å². The third kappa shape index (κ3) is 3.73. The first-order valence-corrected chi connectivity index (χ1v) is 4.75. The molecule has 0 aliphatic carbocycles. The Bertz CT molecular complexity index is 377. The Labute approximate surface area is 93.7 Å². The van der Waals surface area contributed by atoms with Gasteiger partial charge in [0.1, 0.15) is 0 Å². The third-order valence-corrected chi connectivity index (χ3v) is 1.91. The van der Waals surface area contributed by atoms with Gasteiger partial charge in [-0.15, -0.1) is 0 Å². The molecule has 15 heavy (non-hydrogen) atoms. The van der Waals surface area contributed by atoms with Crippen LogP contribution in [0.15, 0.2) is 35.9 Å². The standard InChI is InChI=1S/C11H12ClNO2/c1-8(12)11(14)13-10-5-3-4-9(6-10)7-15-2/h3-6H,1,7H2,2H3,(H,13,14). The minimum Gasteiger partial charge on any atom is -0.380 e. The molecule has 0 bridgehead atoms. The van der Waals surface area contributed by atoms with Crippen molar-refractivity contribution in [3.8, 4) is 0 Å². The first-order valence-electron chi connectivity index (χ1n) is 4.37. The van der Waals surface area contributed by atoms with Gasteiger partial charge in [0.25, 0.3) is 5.91 Å². The molecule has 0 spiro atoms. The first-order chi connectivity index (χ1) is 7.13. The Hall–Kier alpha value is -1.32. The van der Waals surface area contributed by atoms with Crippen LogP contribution in [0.3, 0.4) is 0 Å². The van der Waals surface area contributed by atoms with Gasteiger partial charge in [-0.2, -0.15) is 0 Å². The minimum absolute atomic E-state index is 0.0351. The van der Waals surface area contributed by atoms with E-state index in [1.54, 1.807) is 13.2 Å². The van der Waals surface area contributed by atoms with E-state index in [2.05, 4.69) is 11.9 Å². The normalized spacial score (nSPS) is 9.73. The zero-order valence-corrected chi connectivity index (χ0v) is 9.17. The number of rotatable bonds is 4. The van der Waals surface area contributed by atoms with Crippen molar-refractivity contribution in [2.75, 3.05) is 12.4 Å². The van der Waals surface area contributed by atoms with E-state index in [1.807, 2.05) is 18.2 Å². The predicted molar refractivity (Wildman–Crippen MR) is 60.8 cm³/mol. The number of amides is 1. The lowest BCUT2D eigenvalue weighted by molar-refractivity contribution is -0.112. The molecule has 0 fully saturated rings. The van der Waals surface area contributed by atoms with Crippen LogP contribution >= 0.6 is 11.6 Å². The molecule has 0 aliphatic heterocycles. The molecule has 1 N–H and O–H groups in total. The van der Waals surface area contributed by atoms with E-state index in [4.69, 9.17) is 16.3 Å². The van der Waals surface area contributed by atoms with Gasteiger partial charge in [-0.25, -0.2) is 0 Å². The molecule has 0 unspecified atom stereocenters.